The van der Waals surface area contributed by atoms with Crippen molar-refractivity contribution in [3.8, 4) is 5.75 Å². The Morgan fingerprint density at radius 1 is 1.09 bits per heavy atom. The van der Waals surface area contributed by atoms with Crippen molar-refractivity contribution in [3.63, 3.8) is 0 Å². The zero-order chi connectivity index (χ0) is 24.5. The van der Waals surface area contributed by atoms with Crippen molar-refractivity contribution in [1.29, 1.82) is 0 Å². The molecule has 1 aliphatic heterocycles. The van der Waals surface area contributed by atoms with Crippen LogP contribution in [0.15, 0.2) is 52.2 Å². The third-order valence-electron chi connectivity index (χ3n) is 6.08. The number of hydrogen-bond donors (Lipinski definition) is 1. The maximum atomic E-state index is 13.2. The van der Waals surface area contributed by atoms with Gasteiger partial charge in [0.25, 0.3) is 0 Å². The number of amides is 1. The Bertz CT molecular complexity index is 1370. The minimum atomic E-state index is -3.66. The van der Waals surface area contributed by atoms with Gasteiger partial charge in [-0.2, -0.15) is 4.31 Å². The monoisotopic (exact) mass is 486 g/mol. The second kappa shape index (κ2) is 9.63. The van der Waals surface area contributed by atoms with Gasteiger partial charge in [0.1, 0.15) is 12.3 Å². The number of hydrogen-bond acceptors (Lipinski definition) is 5. The summed E-state index contributed by atoms with van der Waals surface area (Å²) in [5, 5.41) is 2.83. The Labute approximate surface area is 199 Å². The van der Waals surface area contributed by atoms with Gasteiger partial charge in [0.05, 0.1) is 23.0 Å². The topological polar surface area (TPSA) is 103 Å². The highest BCUT2D eigenvalue weighted by molar-refractivity contribution is 7.89. The average Bonchev–Trinajstić information content (AvgIpc) is 3.45. The predicted molar refractivity (Wildman–Crippen MR) is 129 cm³/mol. The zero-order valence-corrected chi connectivity index (χ0v) is 20.5. The first-order valence-corrected chi connectivity index (χ1v) is 12.8. The van der Waals surface area contributed by atoms with Crippen LogP contribution in [0.1, 0.15) is 38.3 Å². The maximum Gasteiger partial charge on any atom is 0.329 e. The Morgan fingerprint density at radius 3 is 2.50 bits per heavy atom. The summed E-state index contributed by atoms with van der Waals surface area (Å²) >= 11 is 0. The molecule has 1 aromatic heterocycles. The number of carbonyl (C=O) groups is 1. The number of sulfonamides is 1. The summed E-state index contributed by atoms with van der Waals surface area (Å²) in [7, 11) is -2.08. The molecule has 0 radical (unpaired) electrons. The molecule has 0 spiro atoms. The molecule has 182 valence electrons. The lowest BCUT2D eigenvalue weighted by atomic mass is 10.2. The number of ether oxygens (including phenoxy) is 1. The Hall–Kier alpha value is -3.11. The molecule has 0 unspecified atom stereocenters. The zero-order valence-electron chi connectivity index (χ0n) is 19.7. The Balaban J connectivity index is 1.65. The molecule has 1 aliphatic rings. The first-order chi connectivity index (χ1) is 16.2. The molecule has 1 amide bonds. The SMILES string of the molecule is COc1cccc(CNC(=O)Cn2c(=O)n(C(C)C)c3ccc(S(=O)(=O)N4CCCC4)cc32)c1. The van der Waals surface area contributed by atoms with Gasteiger partial charge in [-0.3, -0.25) is 13.9 Å². The highest BCUT2D eigenvalue weighted by Gasteiger charge is 2.28. The van der Waals surface area contributed by atoms with E-state index in [1.807, 2.05) is 38.1 Å². The fourth-order valence-electron chi connectivity index (χ4n) is 4.33. The van der Waals surface area contributed by atoms with Gasteiger partial charge >= 0.3 is 5.69 Å². The third-order valence-corrected chi connectivity index (χ3v) is 7.97. The molecule has 1 saturated heterocycles. The van der Waals surface area contributed by atoms with Crippen molar-refractivity contribution in [3.05, 3.63) is 58.5 Å². The lowest BCUT2D eigenvalue weighted by molar-refractivity contribution is -0.121. The molecule has 1 fully saturated rings. The van der Waals surface area contributed by atoms with Crippen LogP contribution in [0.5, 0.6) is 5.75 Å². The molecule has 9 nitrogen and oxygen atoms in total. The number of carbonyl (C=O) groups excluding carboxylic acids is 1. The van der Waals surface area contributed by atoms with E-state index in [1.54, 1.807) is 23.8 Å². The maximum absolute atomic E-state index is 13.2. The normalized spacial score (nSPS) is 14.7. The lowest BCUT2D eigenvalue weighted by Crippen LogP contribution is -2.33. The molecule has 10 heteroatoms. The summed E-state index contributed by atoms with van der Waals surface area (Å²) in [6.07, 6.45) is 1.67. The number of nitrogens with zero attached hydrogens (tertiary/aromatic N) is 3. The van der Waals surface area contributed by atoms with Crippen LogP contribution in [0.4, 0.5) is 0 Å². The molecule has 0 aliphatic carbocycles. The van der Waals surface area contributed by atoms with E-state index in [0.29, 0.717) is 29.9 Å². The fourth-order valence-corrected chi connectivity index (χ4v) is 5.87. The number of methoxy groups -OCH3 is 1. The van der Waals surface area contributed by atoms with Crippen molar-refractivity contribution in [2.75, 3.05) is 20.2 Å². The van der Waals surface area contributed by atoms with E-state index in [2.05, 4.69) is 5.32 Å². The van der Waals surface area contributed by atoms with Crippen LogP contribution in [0.25, 0.3) is 11.0 Å². The van der Waals surface area contributed by atoms with Gasteiger partial charge in [0, 0.05) is 25.7 Å². The van der Waals surface area contributed by atoms with Crippen LogP contribution < -0.4 is 15.7 Å². The summed E-state index contributed by atoms with van der Waals surface area (Å²) < 4.78 is 35.8. The molecule has 4 rings (SSSR count). The largest absolute Gasteiger partial charge is 0.497 e. The molecule has 0 bridgehead atoms. The predicted octanol–water partition coefficient (Wildman–Crippen LogP) is 2.49. The van der Waals surface area contributed by atoms with E-state index in [-0.39, 0.29) is 35.6 Å². The molecule has 0 atom stereocenters. The minimum Gasteiger partial charge on any atom is -0.497 e. The lowest BCUT2D eigenvalue weighted by Gasteiger charge is -2.16. The molecule has 3 aromatic rings. The second-order valence-corrected chi connectivity index (χ2v) is 10.7. The van der Waals surface area contributed by atoms with Gasteiger partial charge < -0.3 is 10.1 Å². The van der Waals surface area contributed by atoms with E-state index >= 15 is 0 Å². The van der Waals surface area contributed by atoms with E-state index in [4.69, 9.17) is 4.74 Å². The molecule has 34 heavy (non-hydrogen) atoms. The van der Waals surface area contributed by atoms with Crippen molar-refractivity contribution in [2.45, 2.75) is 50.7 Å². The molecular formula is C24H30N4O5S. The number of fused-ring (bicyclic) bond motifs is 1. The van der Waals surface area contributed by atoms with Gasteiger partial charge in [0.2, 0.25) is 15.9 Å². The summed E-state index contributed by atoms with van der Waals surface area (Å²) in [6.45, 7) is 4.81. The number of nitrogens with one attached hydrogen (secondary N) is 1. The second-order valence-electron chi connectivity index (χ2n) is 8.72. The van der Waals surface area contributed by atoms with Crippen molar-refractivity contribution in [2.24, 2.45) is 0 Å². The van der Waals surface area contributed by atoms with Gasteiger partial charge in [-0.25, -0.2) is 13.2 Å². The molecular weight excluding hydrogens is 456 g/mol. The fraction of sp³-hybridized carbons (Fsp3) is 0.417. The molecule has 2 aromatic carbocycles. The Morgan fingerprint density at radius 2 is 1.82 bits per heavy atom. The van der Waals surface area contributed by atoms with Crippen molar-refractivity contribution < 1.29 is 17.9 Å². The van der Waals surface area contributed by atoms with E-state index < -0.39 is 10.0 Å². The minimum absolute atomic E-state index is 0.133. The standard InChI is InChI=1S/C24H30N4O5S/c1-17(2)28-21-10-9-20(34(31,32)26-11-4-5-12-26)14-22(21)27(24(28)30)16-23(29)25-15-18-7-6-8-19(13-18)33-3/h6-10,13-14,17H,4-5,11-12,15-16H2,1-3H3,(H,25,29). The smallest absolute Gasteiger partial charge is 0.329 e. The van der Waals surface area contributed by atoms with Crippen LogP contribution in [0.2, 0.25) is 0 Å². The van der Waals surface area contributed by atoms with Crippen LogP contribution in [-0.2, 0) is 27.9 Å². The van der Waals surface area contributed by atoms with Gasteiger partial charge in [-0.15, -0.1) is 0 Å². The first kappa shape index (κ1) is 24.0. The Kier molecular flexibility index (Phi) is 6.81. The summed E-state index contributed by atoms with van der Waals surface area (Å²) in [4.78, 5) is 26.1. The van der Waals surface area contributed by atoms with E-state index in [0.717, 1.165) is 18.4 Å². The van der Waals surface area contributed by atoms with Crippen LogP contribution >= 0.6 is 0 Å². The van der Waals surface area contributed by atoms with Crippen LogP contribution in [0.3, 0.4) is 0 Å². The van der Waals surface area contributed by atoms with Crippen molar-refractivity contribution in [1.82, 2.24) is 18.8 Å². The number of aromatic nitrogens is 2. The molecule has 0 saturated carbocycles. The van der Waals surface area contributed by atoms with Gasteiger partial charge in [-0.1, -0.05) is 12.1 Å². The first-order valence-electron chi connectivity index (χ1n) is 11.4. The van der Waals surface area contributed by atoms with Crippen molar-refractivity contribution >= 4 is 27.0 Å². The highest BCUT2D eigenvalue weighted by Crippen LogP contribution is 2.25. The number of rotatable bonds is 8. The van der Waals surface area contributed by atoms with Crippen LogP contribution in [-0.4, -0.2) is 48.0 Å². The third kappa shape index (κ3) is 4.60. The highest BCUT2D eigenvalue weighted by atomic mass is 32.2. The molecule has 1 N–H and O–H groups in total. The van der Waals surface area contributed by atoms with Crippen LogP contribution in [0, 0.1) is 0 Å². The van der Waals surface area contributed by atoms with E-state index in [9.17, 15) is 18.0 Å². The summed E-state index contributed by atoms with van der Waals surface area (Å²) in [5.74, 6) is 0.343. The number of benzene rings is 2. The van der Waals surface area contributed by atoms with Gasteiger partial charge in [0.15, 0.2) is 0 Å². The number of imidazole rings is 1. The summed E-state index contributed by atoms with van der Waals surface area (Å²) in [6, 6.07) is 11.9. The van der Waals surface area contributed by atoms with Gasteiger partial charge in [-0.05, 0) is 62.6 Å². The van der Waals surface area contributed by atoms with E-state index in [1.165, 1.54) is 14.9 Å². The average molecular weight is 487 g/mol. The summed E-state index contributed by atoms with van der Waals surface area (Å²) in [5.41, 5.74) is 1.54. The molecule has 2 heterocycles. The quantitative estimate of drug-likeness (QED) is 0.527.